The summed E-state index contributed by atoms with van der Waals surface area (Å²) in [6, 6.07) is 1.19. The molecule has 1 N–H and O–H groups in total. The number of fused-ring (bicyclic) bond motifs is 1. The van der Waals surface area contributed by atoms with Gasteiger partial charge in [0, 0.05) is 17.5 Å². The summed E-state index contributed by atoms with van der Waals surface area (Å²) in [5.41, 5.74) is 3.67. The Morgan fingerprint density at radius 1 is 1.25 bits per heavy atom. The molecule has 0 aromatic rings. The lowest BCUT2D eigenvalue weighted by atomic mass is 9.62. The third-order valence-corrected chi connectivity index (χ3v) is 4.78. The Morgan fingerprint density at radius 2 is 2.25 bits per heavy atom. The fourth-order valence-corrected chi connectivity index (χ4v) is 3.98. The quantitative estimate of drug-likeness (QED) is 0.649. The summed E-state index contributed by atoms with van der Waals surface area (Å²) < 4.78 is 0. The molecule has 1 nitrogen and oxygen atoms in total. The molecule has 4 bridgehead atoms. The van der Waals surface area contributed by atoms with Gasteiger partial charge in [-0.3, -0.25) is 0 Å². The van der Waals surface area contributed by atoms with E-state index < -0.39 is 0 Å². The van der Waals surface area contributed by atoms with Crippen molar-refractivity contribution in [1.29, 1.82) is 0 Å². The molecule has 3 fully saturated rings. The molecule has 2 saturated heterocycles. The van der Waals surface area contributed by atoms with Gasteiger partial charge in [-0.15, -0.1) is 0 Å². The molecule has 0 aromatic heterocycles. The van der Waals surface area contributed by atoms with Crippen molar-refractivity contribution in [3.05, 3.63) is 47.6 Å². The summed E-state index contributed by atoms with van der Waals surface area (Å²) in [5.74, 6) is 0. The van der Waals surface area contributed by atoms with E-state index in [-0.39, 0.29) is 0 Å². The van der Waals surface area contributed by atoms with Crippen LogP contribution in [-0.2, 0) is 0 Å². The largest absolute Gasteiger partial charge is 0.304 e. The molecule has 1 saturated carbocycles. The van der Waals surface area contributed by atoms with Gasteiger partial charge in [0.15, 0.2) is 0 Å². The van der Waals surface area contributed by atoms with Crippen molar-refractivity contribution in [2.24, 2.45) is 5.41 Å². The average molecular weight is 211 g/mol. The second kappa shape index (κ2) is 2.98. The summed E-state index contributed by atoms with van der Waals surface area (Å²) in [6.45, 7) is 0. The van der Waals surface area contributed by atoms with Gasteiger partial charge in [0.25, 0.3) is 0 Å². The Kier molecular flexibility index (Phi) is 1.68. The van der Waals surface area contributed by atoms with E-state index in [1.165, 1.54) is 25.7 Å². The van der Waals surface area contributed by atoms with E-state index in [0.717, 1.165) is 0 Å². The van der Waals surface area contributed by atoms with Crippen LogP contribution in [-0.4, -0.2) is 12.1 Å². The monoisotopic (exact) mass is 211 g/mol. The zero-order chi connectivity index (χ0) is 10.6. The first-order valence-corrected chi connectivity index (χ1v) is 6.40. The topological polar surface area (TPSA) is 12.0 Å². The summed E-state index contributed by atoms with van der Waals surface area (Å²) in [4.78, 5) is 0. The lowest BCUT2D eigenvalue weighted by molar-refractivity contribution is 0.322. The Morgan fingerprint density at radius 3 is 3.25 bits per heavy atom. The van der Waals surface area contributed by atoms with Gasteiger partial charge in [0.1, 0.15) is 0 Å². The smallest absolute Gasteiger partial charge is 0.0482 e. The maximum Gasteiger partial charge on any atom is 0.0482 e. The second-order valence-corrected chi connectivity index (χ2v) is 5.50. The minimum Gasteiger partial charge on any atom is -0.304 e. The van der Waals surface area contributed by atoms with Crippen molar-refractivity contribution in [3.8, 4) is 0 Å². The lowest BCUT2D eigenvalue weighted by Crippen LogP contribution is -2.35. The van der Waals surface area contributed by atoms with E-state index in [2.05, 4.69) is 41.8 Å². The highest BCUT2D eigenvalue weighted by Crippen LogP contribution is 2.54. The Bertz CT molecular complexity index is 452. The molecule has 1 heteroatoms. The molecular weight excluding hydrogens is 194 g/mol. The van der Waals surface area contributed by atoms with Gasteiger partial charge in [-0.2, -0.15) is 0 Å². The molecule has 1 spiro atoms. The van der Waals surface area contributed by atoms with E-state index in [1.54, 1.807) is 11.1 Å². The lowest BCUT2D eigenvalue weighted by Gasteiger charge is -2.41. The minimum atomic E-state index is 0.378. The van der Waals surface area contributed by atoms with Crippen molar-refractivity contribution in [1.82, 2.24) is 5.32 Å². The van der Waals surface area contributed by atoms with Gasteiger partial charge in [-0.05, 0) is 31.3 Å². The van der Waals surface area contributed by atoms with E-state index in [9.17, 15) is 0 Å². The molecule has 3 aliphatic carbocycles. The van der Waals surface area contributed by atoms with Crippen LogP contribution in [0.2, 0.25) is 0 Å². The third kappa shape index (κ3) is 0.997. The second-order valence-electron chi connectivity index (χ2n) is 5.50. The fourth-order valence-electron chi connectivity index (χ4n) is 3.98. The van der Waals surface area contributed by atoms with Crippen LogP contribution in [0, 0.1) is 5.41 Å². The van der Waals surface area contributed by atoms with Gasteiger partial charge in [0.05, 0.1) is 0 Å². The molecule has 5 aliphatic rings. The van der Waals surface area contributed by atoms with Crippen molar-refractivity contribution in [2.45, 2.75) is 37.8 Å². The van der Waals surface area contributed by atoms with Gasteiger partial charge in [-0.25, -0.2) is 0 Å². The molecule has 3 unspecified atom stereocenters. The van der Waals surface area contributed by atoms with Crippen LogP contribution < -0.4 is 5.32 Å². The third-order valence-electron chi connectivity index (χ3n) is 4.78. The standard InChI is InChI=1S/C15H17N/c1-2-8-15-9-7-12-10-11(15)4-3-6-14(16-12)13(15)5-1/h1-6,12,14,16H,7-10H2. The van der Waals surface area contributed by atoms with Gasteiger partial charge >= 0.3 is 0 Å². The van der Waals surface area contributed by atoms with Crippen LogP contribution >= 0.6 is 0 Å². The highest BCUT2D eigenvalue weighted by atomic mass is 15.0. The molecule has 0 amide bonds. The molecule has 0 aromatic carbocycles. The molecule has 5 rings (SSSR count). The zero-order valence-electron chi connectivity index (χ0n) is 9.45. The molecule has 0 radical (unpaired) electrons. The van der Waals surface area contributed by atoms with Crippen molar-refractivity contribution in [2.75, 3.05) is 0 Å². The van der Waals surface area contributed by atoms with Crippen LogP contribution in [0.3, 0.4) is 0 Å². The van der Waals surface area contributed by atoms with Crippen LogP contribution in [0.4, 0.5) is 0 Å². The molecule has 3 atom stereocenters. The molecule has 82 valence electrons. The highest BCUT2D eigenvalue weighted by Gasteiger charge is 2.47. The first-order valence-electron chi connectivity index (χ1n) is 6.40. The van der Waals surface area contributed by atoms with Crippen LogP contribution in [0.5, 0.6) is 0 Å². The number of rotatable bonds is 0. The van der Waals surface area contributed by atoms with Crippen LogP contribution in [0.15, 0.2) is 47.6 Å². The van der Waals surface area contributed by atoms with E-state index >= 15 is 0 Å². The highest BCUT2D eigenvalue weighted by molar-refractivity contribution is 5.48. The van der Waals surface area contributed by atoms with E-state index in [0.29, 0.717) is 17.5 Å². The number of hydrogen-bond donors (Lipinski definition) is 1. The SMILES string of the molecule is C1=CCC23CCC4CC2=CC=CC(N4)C3=C1. The van der Waals surface area contributed by atoms with Gasteiger partial charge in [-0.1, -0.05) is 42.0 Å². The summed E-state index contributed by atoms with van der Waals surface area (Å²) in [5, 5.41) is 3.80. The van der Waals surface area contributed by atoms with Crippen LogP contribution in [0.25, 0.3) is 0 Å². The molecular formula is C15H17N. The van der Waals surface area contributed by atoms with Gasteiger partial charge < -0.3 is 5.32 Å². The number of nitrogens with one attached hydrogen (secondary N) is 1. The van der Waals surface area contributed by atoms with Crippen molar-refractivity contribution >= 4 is 0 Å². The Balaban J connectivity index is 1.99. The summed E-state index contributed by atoms with van der Waals surface area (Å²) in [6.07, 6.45) is 19.1. The first-order chi connectivity index (χ1) is 7.88. The minimum absolute atomic E-state index is 0.378. The van der Waals surface area contributed by atoms with E-state index in [4.69, 9.17) is 0 Å². The molecule has 2 heterocycles. The zero-order valence-corrected chi connectivity index (χ0v) is 9.45. The number of hydrogen-bond acceptors (Lipinski definition) is 1. The molecule has 16 heavy (non-hydrogen) atoms. The summed E-state index contributed by atoms with van der Waals surface area (Å²) >= 11 is 0. The maximum atomic E-state index is 3.80. The Hall–Kier alpha value is -1.08. The van der Waals surface area contributed by atoms with Crippen molar-refractivity contribution < 1.29 is 0 Å². The predicted octanol–water partition coefficient (Wildman–Crippen LogP) is 2.88. The normalized spacial score (nSPS) is 43.5. The summed E-state index contributed by atoms with van der Waals surface area (Å²) in [7, 11) is 0. The van der Waals surface area contributed by atoms with Gasteiger partial charge in [0.2, 0.25) is 0 Å². The Labute approximate surface area is 96.6 Å². The fraction of sp³-hybridized carbons (Fsp3) is 0.467. The maximum absolute atomic E-state index is 3.80. The molecule has 2 aliphatic heterocycles. The predicted molar refractivity (Wildman–Crippen MR) is 66.1 cm³/mol. The number of allylic oxidation sites excluding steroid dienone is 5. The van der Waals surface area contributed by atoms with E-state index in [1.807, 2.05) is 0 Å². The van der Waals surface area contributed by atoms with Crippen molar-refractivity contribution in [3.63, 3.8) is 0 Å². The average Bonchev–Trinajstić information content (AvgIpc) is 2.59. The first kappa shape index (κ1) is 9.00. The van der Waals surface area contributed by atoms with Crippen LogP contribution in [0.1, 0.15) is 25.7 Å².